The smallest absolute Gasteiger partial charge is 0.318 e. The Morgan fingerprint density at radius 2 is 2.00 bits per heavy atom. The first-order chi connectivity index (χ1) is 16.0. The van der Waals surface area contributed by atoms with Gasteiger partial charge in [-0.25, -0.2) is 0 Å². The fourth-order valence-electron chi connectivity index (χ4n) is 5.63. The highest BCUT2D eigenvalue weighted by molar-refractivity contribution is 6.37. The topological polar surface area (TPSA) is 79.7 Å². The maximum absolute atomic E-state index is 10.4. The summed E-state index contributed by atoms with van der Waals surface area (Å²) in [4.78, 5) is 11.7. The third kappa shape index (κ3) is 2.92. The Kier molecular flexibility index (Phi) is 4.24. The molecule has 3 unspecified atom stereocenters. The summed E-state index contributed by atoms with van der Waals surface area (Å²) in [5.41, 5.74) is 3.27. The molecular formula is C24H22Cl2N4O3. The van der Waals surface area contributed by atoms with Crippen LogP contribution in [0.4, 0.5) is 5.82 Å². The van der Waals surface area contributed by atoms with Gasteiger partial charge in [0.1, 0.15) is 18.2 Å². The van der Waals surface area contributed by atoms with Gasteiger partial charge in [0.25, 0.3) is 0 Å². The minimum Gasteiger partial charge on any atom is -0.508 e. The fraction of sp³-hybridized carbons (Fsp3) is 0.417. The maximum Gasteiger partial charge on any atom is 0.318 e. The van der Waals surface area contributed by atoms with Crippen molar-refractivity contribution in [3.8, 4) is 28.6 Å². The molecule has 0 spiro atoms. The number of piperazine rings is 1. The Hall–Kier alpha value is -2.48. The van der Waals surface area contributed by atoms with Gasteiger partial charge in [0, 0.05) is 29.2 Å². The lowest BCUT2D eigenvalue weighted by Crippen LogP contribution is -2.73. The number of methoxy groups -OCH3 is 1. The summed E-state index contributed by atoms with van der Waals surface area (Å²) in [6.45, 7) is 1.35. The predicted molar refractivity (Wildman–Crippen MR) is 127 cm³/mol. The summed E-state index contributed by atoms with van der Waals surface area (Å²) >= 11 is 13.6. The number of anilines is 1. The first-order valence-electron chi connectivity index (χ1n) is 11.3. The Bertz CT molecular complexity index is 1320. The number of phenols is 1. The number of rotatable bonds is 3. The number of hydrogen-bond donors (Lipinski definition) is 2. The van der Waals surface area contributed by atoms with Gasteiger partial charge in [-0.15, -0.1) is 0 Å². The zero-order chi connectivity index (χ0) is 22.4. The van der Waals surface area contributed by atoms with Crippen LogP contribution in [0.1, 0.15) is 30.7 Å². The largest absolute Gasteiger partial charge is 0.508 e. The molecule has 1 aromatic heterocycles. The predicted octanol–water partition coefficient (Wildman–Crippen LogP) is 4.51. The third-order valence-electron chi connectivity index (χ3n) is 7.35. The van der Waals surface area contributed by atoms with Gasteiger partial charge < -0.3 is 24.8 Å². The molecular weight excluding hydrogens is 463 g/mol. The first-order valence-corrected chi connectivity index (χ1v) is 12.0. The van der Waals surface area contributed by atoms with Crippen molar-refractivity contribution in [1.82, 2.24) is 15.3 Å². The molecule has 3 saturated heterocycles. The van der Waals surface area contributed by atoms with Crippen LogP contribution in [0.2, 0.25) is 10.0 Å². The molecule has 1 aliphatic carbocycles. The second kappa shape index (κ2) is 7.01. The molecule has 5 aliphatic rings. The Balaban J connectivity index is 1.50. The van der Waals surface area contributed by atoms with Crippen molar-refractivity contribution in [2.24, 2.45) is 0 Å². The minimum atomic E-state index is 0.103. The fourth-order valence-corrected chi connectivity index (χ4v) is 6.31. The Morgan fingerprint density at radius 3 is 2.76 bits per heavy atom. The minimum absolute atomic E-state index is 0.103. The van der Waals surface area contributed by atoms with Crippen molar-refractivity contribution in [1.29, 1.82) is 0 Å². The molecule has 0 amide bonds. The van der Waals surface area contributed by atoms with Crippen LogP contribution in [0, 0.1) is 0 Å². The highest BCUT2D eigenvalue weighted by Crippen LogP contribution is 2.53. The molecule has 0 radical (unpaired) electrons. The molecule has 170 valence electrons. The molecule has 5 heterocycles. The quantitative estimate of drug-likeness (QED) is 0.565. The monoisotopic (exact) mass is 484 g/mol. The van der Waals surface area contributed by atoms with Crippen LogP contribution >= 0.6 is 23.2 Å². The van der Waals surface area contributed by atoms with Crippen LogP contribution in [0.25, 0.3) is 22.0 Å². The average molecular weight is 485 g/mol. The number of aromatic hydroxyl groups is 1. The van der Waals surface area contributed by atoms with E-state index in [2.05, 4.69) is 15.2 Å². The van der Waals surface area contributed by atoms with Gasteiger partial charge in [-0.2, -0.15) is 9.97 Å². The zero-order valence-corrected chi connectivity index (χ0v) is 19.5. The van der Waals surface area contributed by atoms with Gasteiger partial charge in [0.05, 0.1) is 29.1 Å². The summed E-state index contributed by atoms with van der Waals surface area (Å²) in [6, 6.07) is 6.55. The second-order valence-electron chi connectivity index (χ2n) is 9.39. The molecule has 3 aromatic rings. The van der Waals surface area contributed by atoms with Crippen LogP contribution in [0.5, 0.6) is 17.5 Å². The van der Waals surface area contributed by atoms with Gasteiger partial charge in [-0.05, 0) is 54.5 Å². The van der Waals surface area contributed by atoms with E-state index < -0.39 is 0 Å². The number of hydrogen-bond acceptors (Lipinski definition) is 7. The molecule has 33 heavy (non-hydrogen) atoms. The lowest BCUT2D eigenvalue weighted by Gasteiger charge is -2.53. The number of benzene rings is 2. The Morgan fingerprint density at radius 1 is 1.18 bits per heavy atom. The van der Waals surface area contributed by atoms with E-state index in [9.17, 15) is 5.11 Å². The molecule has 1 saturated carbocycles. The second-order valence-corrected chi connectivity index (χ2v) is 10.2. The van der Waals surface area contributed by atoms with E-state index in [4.69, 9.17) is 37.7 Å². The van der Waals surface area contributed by atoms with Gasteiger partial charge in [0.2, 0.25) is 0 Å². The number of aromatic nitrogens is 2. The van der Waals surface area contributed by atoms with E-state index in [0.717, 1.165) is 53.7 Å². The number of nitrogens with one attached hydrogen (secondary N) is 1. The molecule has 9 heteroatoms. The molecule has 2 bridgehead atoms. The molecule has 8 rings (SSSR count). The first kappa shape index (κ1) is 19.9. The van der Waals surface area contributed by atoms with Crippen LogP contribution in [0.15, 0.2) is 18.2 Å². The van der Waals surface area contributed by atoms with Crippen LogP contribution in [-0.4, -0.2) is 53.5 Å². The lowest BCUT2D eigenvalue weighted by atomic mass is 9.84. The normalized spacial score (nSPS) is 25.2. The van der Waals surface area contributed by atoms with Crippen molar-refractivity contribution >= 4 is 39.9 Å². The molecule has 4 aliphatic heterocycles. The van der Waals surface area contributed by atoms with Crippen molar-refractivity contribution < 1.29 is 14.6 Å². The maximum atomic E-state index is 10.4. The van der Waals surface area contributed by atoms with E-state index in [-0.39, 0.29) is 11.8 Å². The van der Waals surface area contributed by atoms with Gasteiger partial charge in [0.15, 0.2) is 5.75 Å². The standard InChI is InChI=1S/C24H22Cl2N4O3/c1-32-24-28-17-7-14(13-5-12(31)6-15(25)19(13)10-2-3-10)21(26)22-20(17)23(29-24)30-8-11-4-16(27-11)18(30)9-33-22/h5-7,10-11,16,18,27,31H,2-4,8-9H2,1H3. The van der Waals surface area contributed by atoms with Crippen molar-refractivity contribution in [2.45, 2.75) is 43.3 Å². The molecule has 3 atom stereocenters. The number of ether oxygens (including phenoxy) is 2. The van der Waals surface area contributed by atoms with Crippen molar-refractivity contribution in [2.75, 3.05) is 25.2 Å². The summed E-state index contributed by atoms with van der Waals surface area (Å²) in [6.07, 6.45) is 3.27. The van der Waals surface area contributed by atoms with E-state index >= 15 is 0 Å². The highest BCUT2D eigenvalue weighted by Gasteiger charge is 2.47. The molecule has 2 N–H and O–H groups in total. The van der Waals surface area contributed by atoms with Crippen LogP contribution in [0.3, 0.4) is 0 Å². The average Bonchev–Trinajstić information content (AvgIpc) is 3.62. The molecule has 7 nitrogen and oxygen atoms in total. The number of piperidine rings is 1. The van der Waals surface area contributed by atoms with E-state index in [1.807, 2.05) is 6.07 Å². The molecule has 4 fully saturated rings. The van der Waals surface area contributed by atoms with Gasteiger partial charge in [-0.1, -0.05) is 23.2 Å². The lowest BCUT2D eigenvalue weighted by molar-refractivity contribution is 0.138. The summed E-state index contributed by atoms with van der Waals surface area (Å²) < 4.78 is 11.9. The molecule has 2 aromatic carbocycles. The number of phenolic OH excluding ortho intramolecular Hbond substituents is 1. The van der Waals surface area contributed by atoms with Crippen LogP contribution in [-0.2, 0) is 0 Å². The zero-order valence-electron chi connectivity index (χ0n) is 17.9. The Labute approximate surface area is 200 Å². The number of nitrogens with zero attached hydrogens (tertiary/aromatic N) is 3. The van der Waals surface area contributed by atoms with Gasteiger partial charge in [-0.3, -0.25) is 0 Å². The summed E-state index contributed by atoms with van der Waals surface area (Å²) in [7, 11) is 1.58. The van der Waals surface area contributed by atoms with Crippen molar-refractivity contribution in [3.63, 3.8) is 0 Å². The van der Waals surface area contributed by atoms with E-state index in [1.165, 1.54) is 0 Å². The summed E-state index contributed by atoms with van der Waals surface area (Å²) in [5.74, 6) is 1.85. The van der Waals surface area contributed by atoms with Crippen molar-refractivity contribution in [3.05, 3.63) is 33.8 Å². The third-order valence-corrected chi connectivity index (χ3v) is 8.04. The highest BCUT2D eigenvalue weighted by atomic mass is 35.5. The summed E-state index contributed by atoms with van der Waals surface area (Å²) in [5, 5.41) is 15.8. The SMILES string of the molecule is COc1nc2c3c(c(Cl)c(-c4cc(O)cc(Cl)c4C4CC4)cc3n1)OCC1C3CC(CN21)N3. The number of halogens is 2. The van der Waals surface area contributed by atoms with E-state index in [1.54, 1.807) is 19.2 Å². The van der Waals surface area contributed by atoms with E-state index in [0.29, 0.717) is 51.9 Å². The van der Waals surface area contributed by atoms with Crippen LogP contribution < -0.4 is 19.7 Å². The van der Waals surface area contributed by atoms with Gasteiger partial charge >= 0.3 is 6.01 Å².